The number of nitrogens with zero attached hydrogens (tertiary/aromatic N) is 4. The summed E-state index contributed by atoms with van der Waals surface area (Å²) in [5.74, 6) is 0.684. The maximum Gasteiger partial charge on any atom is 0.242 e. The smallest absolute Gasteiger partial charge is 0.242 e. The van der Waals surface area contributed by atoms with Gasteiger partial charge >= 0.3 is 0 Å². The van der Waals surface area contributed by atoms with Gasteiger partial charge in [-0.2, -0.15) is 0 Å². The van der Waals surface area contributed by atoms with Gasteiger partial charge in [-0.3, -0.25) is 9.59 Å². The molecule has 1 saturated carbocycles. The van der Waals surface area contributed by atoms with Gasteiger partial charge in [0.05, 0.1) is 18.0 Å². The van der Waals surface area contributed by atoms with Crippen molar-refractivity contribution in [2.75, 3.05) is 31.6 Å². The van der Waals surface area contributed by atoms with Crippen LogP contribution in [-0.2, 0) is 9.59 Å². The van der Waals surface area contributed by atoms with Crippen LogP contribution in [0.3, 0.4) is 0 Å². The fourth-order valence-corrected chi connectivity index (χ4v) is 3.93. The Bertz CT molecular complexity index is 827. The monoisotopic (exact) mass is 342 g/mol. The molecule has 2 aromatic rings. The summed E-state index contributed by atoms with van der Waals surface area (Å²) in [6.07, 6.45) is 5.67. The first-order valence-electron chi connectivity index (χ1n) is 8.53. The number of aromatic amines is 1. The van der Waals surface area contributed by atoms with Crippen molar-refractivity contribution >= 4 is 28.7 Å². The van der Waals surface area contributed by atoms with Crippen LogP contribution in [0.25, 0.3) is 11.0 Å². The third-order valence-electron chi connectivity index (χ3n) is 5.47. The molecule has 3 heterocycles. The van der Waals surface area contributed by atoms with Crippen molar-refractivity contribution < 1.29 is 9.59 Å². The molecular formula is C17H22N6O2. The van der Waals surface area contributed by atoms with Crippen molar-refractivity contribution in [3.63, 3.8) is 0 Å². The topological polar surface area (TPSA) is 94.2 Å². The number of amides is 2. The number of carbonyl (C=O) groups excluding carboxylic acids is 2. The van der Waals surface area contributed by atoms with E-state index in [1.807, 2.05) is 24.2 Å². The molecule has 1 aliphatic heterocycles. The molecule has 2 N–H and O–H groups in total. The van der Waals surface area contributed by atoms with E-state index in [1.165, 1.54) is 6.92 Å². The van der Waals surface area contributed by atoms with E-state index in [0.29, 0.717) is 6.54 Å². The predicted molar refractivity (Wildman–Crippen MR) is 93.0 cm³/mol. The molecule has 2 aromatic heterocycles. The maximum absolute atomic E-state index is 12.4. The standard InChI is InChI=1S/C17H22N6O2/c1-11(24)19-7-14(25)23-8-13(17(9-23)4-5-17)22(2)16-12-3-6-18-15(12)20-10-21-16/h3,6,10,13H,4-5,7-9H2,1-2H3,(H,19,24)(H,18,20,21). The molecule has 4 rings (SSSR count). The zero-order valence-electron chi connectivity index (χ0n) is 14.5. The summed E-state index contributed by atoms with van der Waals surface area (Å²) in [5, 5.41) is 3.59. The maximum atomic E-state index is 12.4. The highest BCUT2D eigenvalue weighted by Crippen LogP contribution is 2.55. The molecule has 25 heavy (non-hydrogen) atoms. The summed E-state index contributed by atoms with van der Waals surface area (Å²) in [7, 11) is 2.04. The van der Waals surface area contributed by atoms with E-state index in [-0.39, 0.29) is 29.8 Å². The van der Waals surface area contributed by atoms with Gasteiger partial charge in [-0.25, -0.2) is 9.97 Å². The number of carbonyl (C=O) groups is 2. The lowest BCUT2D eigenvalue weighted by Gasteiger charge is -2.30. The van der Waals surface area contributed by atoms with Crippen molar-refractivity contribution in [2.24, 2.45) is 5.41 Å². The Balaban J connectivity index is 1.55. The Labute approximate surface area is 145 Å². The average Bonchev–Trinajstić information content (AvgIpc) is 3.04. The van der Waals surface area contributed by atoms with Crippen LogP contribution in [0.2, 0.25) is 0 Å². The average molecular weight is 342 g/mol. The first-order valence-corrected chi connectivity index (χ1v) is 8.53. The van der Waals surface area contributed by atoms with Crippen LogP contribution in [0.1, 0.15) is 19.8 Å². The summed E-state index contributed by atoms with van der Waals surface area (Å²) in [4.78, 5) is 39.4. The number of hydrogen-bond donors (Lipinski definition) is 2. The first-order chi connectivity index (χ1) is 12.0. The summed E-state index contributed by atoms with van der Waals surface area (Å²) in [6.45, 7) is 2.90. The van der Waals surface area contributed by atoms with Crippen LogP contribution in [0.5, 0.6) is 0 Å². The minimum atomic E-state index is -0.182. The molecule has 8 heteroatoms. The second-order valence-electron chi connectivity index (χ2n) is 7.11. The normalized spacial score (nSPS) is 20.9. The molecule has 8 nitrogen and oxygen atoms in total. The van der Waals surface area contributed by atoms with Gasteiger partial charge in [0.1, 0.15) is 17.8 Å². The van der Waals surface area contributed by atoms with Crippen LogP contribution in [0.4, 0.5) is 5.82 Å². The molecule has 1 saturated heterocycles. The van der Waals surface area contributed by atoms with E-state index in [2.05, 4.69) is 25.2 Å². The van der Waals surface area contributed by atoms with E-state index in [4.69, 9.17) is 0 Å². The number of likely N-dealkylation sites (tertiary alicyclic amines) is 1. The second kappa shape index (κ2) is 5.72. The molecule has 0 aromatic carbocycles. The van der Waals surface area contributed by atoms with Gasteiger partial charge in [0.2, 0.25) is 11.8 Å². The lowest BCUT2D eigenvalue weighted by molar-refractivity contribution is -0.131. The molecule has 2 aliphatic rings. The van der Waals surface area contributed by atoms with Crippen molar-refractivity contribution in [1.29, 1.82) is 0 Å². The van der Waals surface area contributed by atoms with Gasteiger partial charge in [0.25, 0.3) is 0 Å². The van der Waals surface area contributed by atoms with Crippen molar-refractivity contribution in [1.82, 2.24) is 25.2 Å². The molecule has 1 atom stereocenters. The predicted octanol–water partition coefficient (Wildman–Crippen LogP) is 0.521. The van der Waals surface area contributed by atoms with Gasteiger partial charge in [0, 0.05) is 38.7 Å². The highest BCUT2D eigenvalue weighted by molar-refractivity contribution is 5.88. The Kier molecular flexibility index (Phi) is 3.63. The van der Waals surface area contributed by atoms with Crippen LogP contribution in [-0.4, -0.2) is 64.4 Å². The van der Waals surface area contributed by atoms with Crippen LogP contribution in [0.15, 0.2) is 18.6 Å². The third kappa shape index (κ3) is 2.71. The molecule has 1 unspecified atom stereocenters. The zero-order valence-corrected chi connectivity index (χ0v) is 14.5. The van der Waals surface area contributed by atoms with E-state index in [0.717, 1.165) is 36.2 Å². The van der Waals surface area contributed by atoms with Gasteiger partial charge < -0.3 is 20.1 Å². The lowest BCUT2D eigenvalue weighted by Crippen LogP contribution is -2.42. The number of anilines is 1. The van der Waals surface area contributed by atoms with Gasteiger partial charge in [-0.05, 0) is 18.9 Å². The number of likely N-dealkylation sites (N-methyl/N-ethyl adjacent to an activating group) is 1. The Hall–Kier alpha value is -2.64. The molecule has 0 radical (unpaired) electrons. The summed E-state index contributed by atoms with van der Waals surface area (Å²) in [6, 6.07) is 2.21. The Morgan fingerprint density at radius 3 is 2.96 bits per heavy atom. The van der Waals surface area contributed by atoms with Crippen molar-refractivity contribution in [3.05, 3.63) is 18.6 Å². The molecule has 1 spiro atoms. The zero-order chi connectivity index (χ0) is 17.6. The van der Waals surface area contributed by atoms with E-state index >= 15 is 0 Å². The largest absolute Gasteiger partial charge is 0.354 e. The third-order valence-corrected chi connectivity index (χ3v) is 5.47. The molecule has 1 aliphatic carbocycles. The summed E-state index contributed by atoms with van der Waals surface area (Å²) < 4.78 is 0. The molecule has 2 amide bonds. The van der Waals surface area contributed by atoms with Crippen LogP contribution >= 0.6 is 0 Å². The highest BCUT2D eigenvalue weighted by atomic mass is 16.2. The first kappa shape index (κ1) is 15.9. The number of fused-ring (bicyclic) bond motifs is 1. The molecule has 0 bridgehead atoms. The quantitative estimate of drug-likeness (QED) is 0.845. The second-order valence-corrected chi connectivity index (χ2v) is 7.11. The summed E-state index contributed by atoms with van der Waals surface area (Å²) >= 11 is 0. The Morgan fingerprint density at radius 1 is 1.44 bits per heavy atom. The molecule has 2 fully saturated rings. The minimum absolute atomic E-state index is 0.0214. The van der Waals surface area contributed by atoms with Crippen molar-refractivity contribution in [2.45, 2.75) is 25.8 Å². The number of aromatic nitrogens is 3. The van der Waals surface area contributed by atoms with Gasteiger partial charge in [-0.15, -0.1) is 0 Å². The fourth-order valence-electron chi connectivity index (χ4n) is 3.93. The van der Waals surface area contributed by atoms with Crippen molar-refractivity contribution in [3.8, 4) is 0 Å². The van der Waals surface area contributed by atoms with Gasteiger partial charge in [0.15, 0.2) is 0 Å². The van der Waals surface area contributed by atoms with E-state index in [1.54, 1.807) is 6.33 Å². The number of H-pyrrole nitrogens is 1. The highest BCUT2D eigenvalue weighted by Gasteiger charge is 2.57. The van der Waals surface area contributed by atoms with E-state index < -0.39 is 0 Å². The summed E-state index contributed by atoms with van der Waals surface area (Å²) in [5.41, 5.74) is 0.965. The SMILES string of the molecule is CC(=O)NCC(=O)N1CC(N(C)c2ncnc3[nH]ccc23)C2(CC2)C1. The lowest BCUT2D eigenvalue weighted by atomic mass is 9.99. The molecular weight excluding hydrogens is 320 g/mol. The van der Waals surface area contributed by atoms with E-state index in [9.17, 15) is 9.59 Å². The molecule has 132 valence electrons. The van der Waals surface area contributed by atoms with Gasteiger partial charge in [-0.1, -0.05) is 0 Å². The number of rotatable bonds is 4. The number of nitrogens with one attached hydrogen (secondary N) is 2. The number of hydrogen-bond acceptors (Lipinski definition) is 5. The van der Waals surface area contributed by atoms with Crippen LogP contribution < -0.4 is 10.2 Å². The van der Waals surface area contributed by atoms with Crippen LogP contribution in [0, 0.1) is 5.41 Å². The Morgan fingerprint density at radius 2 is 2.24 bits per heavy atom. The minimum Gasteiger partial charge on any atom is -0.354 e. The fraction of sp³-hybridized carbons (Fsp3) is 0.529.